The summed E-state index contributed by atoms with van der Waals surface area (Å²) in [6.07, 6.45) is 0.181. The number of hydroxylamine groups is 1. The molecule has 1 fully saturated rings. The summed E-state index contributed by atoms with van der Waals surface area (Å²) in [6, 6.07) is 12.5. The molecule has 0 spiro atoms. The van der Waals surface area contributed by atoms with Crippen molar-refractivity contribution in [2.24, 2.45) is 0 Å². The number of hydrogen-bond acceptors (Lipinski definition) is 6. The minimum absolute atomic E-state index is 0.181. The van der Waals surface area contributed by atoms with Gasteiger partial charge in [-0.2, -0.15) is 16.1 Å². The molecule has 29 heavy (non-hydrogen) atoms. The first-order chi connectivity index (χ1) is 13.9. The summed E-state index contributed by atoms with van der Waals surface area (Å²) in [5, 5.41) is 7.56. The van der Waals surface area contributed by atoms with Crippen LogP contribution in [0.1, 0.15) is 12.5 Å². The van der Waals surface area contributed by atoms with E-state index in [0.717, 1.165) is 11.3 Å². The van der Waals surface area contributed by atoms with E-state index in [1.165, 1.54) is 17.6 Å². The third-order valence-electron chi connectivity index (χ3n) is 4.04. The number of amides is 1. The van der Waals surface area contributed by atoms with Crippen LogP contribution in [-0.4, -0.2) is 48.4 Å². The summed E-state index contributed by atoms with van der Waals surface area (Å²) < 4.78 is 45.4. The van der Waals surface area contributed by atoms with Gasteiger partial charge >= 0.3 is 0 Å². The van der Waals surface area contributed by atoms with Gasteiger partial charge in [0.1, 0.15) is 18.2 Å². The number of nitrogens with one attached hydrogen (secondary N) is 1. The number of sulfonamides is 1. The fourth-order valence-electron chi connectivity index (χ4n) is 2.61. The molecule has 7 nitrogen and oxygen atoms in total. The Morgan fingerprint density at radius 2 is 1.86 bits per heavy atom. The topological polar surface area (TPSA) is 95.9 Å². The highest BCUT2D eigenvalue weighted by atomic mass is 32.2. The van der Waals surface area contributed by atoms with E-state index < -0.39 is 10.0 Å². The van der Waals surface area contributed by atoms with Crippen LogP contribution in [-0.2, 0) is 21.4 Å². The zero-order valence-corrected chi connectivity index (χ0v) is 17.5. The quantitative estimate of drug-likeness (QED) is 0.406. The fraction of sp³-hybridized carbons (Fsp3) is 0.316. The SMILES string of the molecule is C[C@H]1CN(S(=O)(=O)c2ccc(OCc3ccc(F)cc3)cc2)CCS1.O=CNO. The predicted octanol–water partition coefficient (Wildman–Crippen LogP) is 2.65. The summed E-state index contributed by atoms with van der Waals surface area (Å²) in [5.74, 6) is 1.11. The molecule has 2 aromatic carbocycles. The van der Waals surface area contributed by atoms with E-state index in [2.05, 4.69) is 0 Å². The highest BCUT2D eigenvalue weighted by molar-refractivity contribution is 8.00. The standard InChI is InChI=1S/C18H20FNO3S2.CH3NO2/c1-14-12-20(10-11-24-14)25(21,22)18-8-6-17(7-9-18)23-13-15-2-4-16(19)5-3-15;3-1-2-4/h2-9,14H,10-13H2,1H3;1,4H,(H,2,3)/t14-;/m0./s1. The second-order valence-corrected chi connectivity index (χ2v) is 9.66. The number of carbonyl (C=O) groups excluding carboxylic acids is 1. The Morgan fingerprint density at radius 1 is 1.24 bits per heavy atom. The van der Waals surface area contributed by atoms with Gasteiger partial charge in [0.05, 0.1) is 4.90 Å². The molecule has 2 aromatic rings. The highest BCUT2D eigenvalue weighted by Gasteiger charge is 2.28. The first kappa shape index (κ1) is 23.1. The van der Waals surface area contributed by atoms with E-state index >= 15 is 0 Å². The summed E-state index contributed by atoms with van der Waals surface area (Å²) in [6.45, 7) is 3.42. The Balaban J connectivity index is 0.000000687. The summed E-state index contributed by atoms with van der Waals surface area (Å²) in [5.41, 5.74) is 2.10. The molecule has 2 N–H and O–H groups in total. The molecule has 0 radical (unpaired) electrons. The molecule has 1 heterocycles. The van der Waals surface area contributed by atoms with Gasteiger partial charge in [-0.3, -0.25) is 10.0 Å². The van der Waals surface area contributed by atoms with Crippen LogP contribution >= 0.6 is 11.8 Å². The van der Waals surface area contributed by atoms with Crippen LogP contribution < -0.4 is 10.2 Å². The average molecular weight is 443 g/mol. The summed E-state index contributed by atoms with van der Waals surface area (Å²) in [7, 11) is -3.46. The van der Waals surface area contributed by atoms with Crippen molar-refractivity contribution < 1.29 is 27.5 Å². The molecule has 1 aliphatic heterocycles. The largest absolute Gasteiger partial charge is 0.489 e. The van der Waals surface area contributed by atoms with Gasteiger partial charge in [0.15, 0.2) is 0 Å². The number of ether oxygens (including phenoxy) is 1. The van der Waals surface area contributed by atoms with Crippen LogP contribution in [0.4, 0.5) is 4.39 Å². The van der Waals surface area contributed by atoms with Crippen molar-refractivity contribution >= 4 is 28.2 Å². The monoisotopic (exact) mass is 442 g/mol. The number of carbonyl (C=O) groups is 1. The van der Waals surface area contributed by atoms with Crippen LogP contribution in [0.15, 0.2) is 53.4 Å². The highest BCUT2D eigenvalue weighted by Crippen LogP contribution is 2.25. The number of hydrogen-bond donors (Lipinski definition) is 2. The van der Waals surface area contributed by atoms with Gasteiger partial charge in [-0.25, -0.2) is 18.3 Å². The molecule has 0 saturated carbocycles. The zero-order chi connectivity index (χ0) is 21.3. The second-order valence-electron chi connectivity index (χ2n) is 6.18. The van der Waals surface area contributed by atoms with E-state index in [1.807, 2.05) is 6.92 Å². The minimum atomic E-state index is -3.46. The maximum atomic E-state index is 12.9. The van der Waals surface area contributed by atoms with E-state index in [0.29, 0.717) is 30.7 Å². The number of benzene rings is 2. The minimum Gasteiger partial charge on any atom is -0.489 e. The van der Waals surface area contributed by atoms with E-state index in [9.17, 15) is 12.8 Å². The van der Waals surface area contributed by atoms with E-state index in [4.69, 9.17) is 14.7 Å². The average Bonchev–Trinajstić information content (AvgIpc) is 2.74. The lowest BCUT2D eigenvalue weighted by molar-refractivity contribution is -0.116. The van der Waals surface area contributed by atoms with Crippen molar-refractivity contribution in [3.8, 4) is 5.75 Å². The van der Waals surface area contributed by atoms with Gasteiger partial charge in [0.2, 0.25) is 16.4 Å². The third-order valence-corrected chi connectivity index (χ3v) is 7.05. The molecular formula is C19H23FN2O5S2. The first-order valence-corrected chi connectivity index (χ1v) is 11.3. The van der Waals surface area contributed by atoms with Gasteiger partial charge in [-0.15, -0.1) is 0 Å². The lowest BCUT2D eigenvalue weighted by Gasteiger charge is -2.29. The summed E-state index contributed by atoms with van der Waals surface area (Å²) in [4.78, 5) is 9.09. The lowest BCUT2D eigenvalue weighted by atomic mass is 10.2. The third kappa shape index (κ3) is 7.00. The van der Waals surface area contributed by atoms with Crippen molar-refractivity contribution in [2.75, 3.05) is 18.8 Å². The van der Waals surface area contributed by atoms with Crippen LogP contribution in [0.3, 0.4) is 0 Å². The fourth-order valence-corrected chi connectivity index (χ4v) is 5.36. The van der Waals surface area contributed by atoms with Gasteiger partial charge < -0.3 is 4.74 Å². The molecule has 1 amide bonds. The molecule has 0 bridgehead atoms. The molecule has 1 aliphatic rings. The van der Waals surface area contributed by atoms with Gasteiger partial charge in [-0.1, -0.05) is 19.1 Å². The van der Waals surface area contributed by atoms with E-state index in [-0.39, 0.29) is 17.1 Å². The normalized spacial score (nSPS) is 17.0. The van der Waals surface area contributed by atoms with Crippen LogP contribution in [0, 0.1) is 5.82 Å². The number of rotatable bonds is 6. The Labute approximate surface area is 173 Å². The zero-order valence-electron chi connectivity index (χ0n) is 15.8. The number of thioether (sulfide) groups is 1. The van der Waals surface area contributed by atoms with Crippen molar-refractivity contribution in [3.63, 3.8) is 0 Å². The summed E-state index contributed by atoms with van der Waals surface area (Å²) >= 11 is 1.79. The van der Waals surface area contributed by atoms with Crippen LogP contribution in [0.5, 0.6) is 5.75 Å². The van der Waals surface area contributed by atoms with Crippen LogP contribution in [0.25, 0.3) is 0 Å². The first-order valence-electron chi connectivity index (χ1n) is 8.79. The number of halogens is 1. The molecule has 3 rings (SSSR count). The van der Waals surface area contributed by atoms with E-state index in [1.54, 1.807) is 52.5 Å². The molecule has 1 atom stereocenters. The molecule has 158 valence electrons. The maximum absolute atomic E-state index is 12.9. The van der Waals surface area contributed by atoms with Crippen molar-refractivity contribution in [1.29, 1.82) is 0 Å². The smallest absolute Gasteiger partial charge is 0.243 e. The van der Waals surface area contributed by atoms with Crippen molar-refractivity contribution in [2.45, 2.75) is 23.7 Å². The molecule has 1 saturated heterocycles. The molecule has 0 aromatic heterocycles. The predicted molar refractivity (Wildman–Crippen MR) is 109 cm³/mol. The molecule has 10 heteroatoms. The lowest BCUT2D eigenvalue weighted by Crippen LogP contribution is -2.40. The Bertz CT molecular complexity index is 876. The Kier molecular flexibility index (Phi) is 8.90. The molecule has 0 aliphatic carbocycles. The van der Waals surface area contributed by atoms with Gasteiger partial charge in [0, 0.05) is 24.1 Å². The Hall–Kier alpha value is -2.14. The second kappa shape index (κ2) is 11.1. The molecule has 0 unspecified atom stereocenters. The molecular weight excluding hydrogens is 419 g/mol. The maximum Gasteiger partial charge on any atom is 0.243 e. The Morgan fingerprint density at radius 3 is 2.41 bits per heavy atom. The van der Waals surface area contributed by atoms with Gasteiger partial charge in [-0.05, 0) is 42.0 Å². The number of nitrogens with zero attached hydrogens (tertiary/aromatic N) is 1. The van der Waals surface area contributed by atoms with Crippen molar-refractivity contribution in [3.05, 3.63) is 59.9 Å². The van der Waals surface area contributed by atoms with Gasteiger partial charge in [0.25, 0.3) is 0 Å². The van der Waals surface area contributed by atoms with Crippen LogP contribution in [0.2, 0.25) is 0 Å². The van der Waals surface area contributed by atoms with Crippen molar-refractivity contribution in [1.82, 2.24) is 9.79 Å².